The molecule has 0 radical (unpaired) electrons. The first kappa shape index (κ1) is 20.2. The predicted molar refractivity (Wildman–Crippen MR) is 61.2 cm³/mol. The van der Waals surface area contributed by atoms with Gasteiger partial charge in [0.25, 0.3) is 0 Å². The minimum atomic E-state index is 0. The molecule has 1 rings (SSSR count). The molecule has 0 aliphatic heterocycles. The molecule has 0 saturated carbocycles. The van der Waals surface area contributed by atoms with E-state index in [0.29, 0.717) is 11.8 Å². The van der Waals surface area contributed by atoms with E-state index in [1.165, 1.54) is 16.4 Å². The van der Waals surface area contributed by atoms with Crippen LogP contribution in [-0.2, 0) is 0 Å². The quantitative estimate of drug-likeness (QED) is 0.430. The molecule has 15 heavy (non-hydrogen) atoms. The monoisotopic (exact) mass is 270 g/mol. The van der Waals surface area contributed by atoms with E-state index in [0.717, 1.165) is 0 Å². The van der Waals surface area contributed by atoms with Crippen LogP contribution in [0.2, 0.25) is 0 Å². The summed E-state index contributed by atoms with van der Waals surface area (Å²) in [7, 11) is 4.59. The Kier molecular flexibility index (Phi) is 13.2. The van der Waals surface area contributed by atoms with Crippen molar-refractivity contribution in [2.45, 2.75) is 39.5 Å². The van der Waals surface area contributed by atoms with Gasteiger partial charge in [-0.15, -0.1) is 11.1 Å². The summed E-state index contributed by atoms with van der Waals surface area (Å²) in [6, 6.07) is 6.46. The first-order chi connectivity index (χ1) is 6.04. The third-order valence-corrected chi connectivity index (χ3v) is 2.86. The summed E-state index contributed by atoms with van der Waals surface area (Å²) in [5.74, 6) is 1.12. The molecule has 0 nitrogen and oxygen atoms in total. The molecule has 0 bridgehead atoms. The maximum Gasteiger partial charge on any atom is 1.00 e. The largest absolute Gasteiger partial charge is 1.45 e. The Morgan fingerprint density at radius 3 is 1.47 bits per heavy atom. The molecule has 0 heterocycles. The van der Waals surface area contributed by atoms with Crippen LogP contribution in [0.4, 0.5) is 0 Å². The Labute approximate surface area is 182 Å². The van der Waals surface area contributed by atoms with E-state index in [4.69, 9.17) is 0 Å². The van der Waals surface area contributed by atoms with Gasteiger partial charge in [0.2, 0.25) is 0 Å². The molecule has 0 amide bonds. The van der Waals surface area contributed by atoms with Crippen LogP contribution in [-0.4, -0.2) is 0 Å². The Hall–Kier alpha value is 2.92. The van der Waals surface area contributed by atoms with Gasteiger partial charge in [-0.1, -0.05) is 45.9 Å². The molecule has 0 unspecified atom stereocenters. The van der Waals surface area contributed by atoms with Crippen LogP contribution >= 0.6 is 9.24 Å². The van der Waals surface area contributed by atoms with E-state index in [1.807, 2.05) is 0 Å². The maximum atomic E-state index is 4.59. The average Bonchev–Trinajstić information content (AvgIpc) is 2.03. The molecule has 0 aliphatic carbocycles. The molecule has 0 spiro atoms. The van der Waals surface area contributed by atoms with Crippen LogP contribution in [0, 0.1) is 0 Å². The third-order valence-electron chi connectivity index (χ3n) is 2.34. The normalized spacial score (nSPS) is 9.80. The fourth-order valence-electron chi connectivity index (χ4n) is 1.51. The Morgan fingerprint density at radius 2 is 1.20 bits per heavy atom. The minimum Gasteiger partial charge on any atom is -1.45 e. The van der Waals surface area contributed by atoms with Crippen LogP contribution in [0.1, 0.15) is 50.7 Å². The van der Waals surface area contributed by atoms with Crippen molar-refractivity contribution >= 4 is 14.5 Å². The average molecular weight is 270 g/mol. The fraction of sp³-hybridized carbons (Fsp3) is 0.500. The van der Waals surface area contributed by atoms with Crippen LogP contribution in [0.5, 0.6) is 0 Å². The van der Waals surface area contributed by atoms with Gasteiger partial charge in [0.05, 0.1) is 0 Å². The molecular weight excluding hydrogens is 253 g/mol. The molecule has 1 aromatic carbocycles. The Balaban J connectivity index is 0. The second-order valence-corrected chi connectivity index (χ2v) is 4.54. The molecule has 0 atom stereocenters. The van der Waals surface area contributed by atoms with Gasteiger partial charge in [-0.25, -0.2) is 0 Å². The van der Waals surface area contributed by atoms with Crippen molar-refractivity contribution in [3.63, 3.8) is 0 Å². The SMILES string of the molecule is CC(C)c1cccc(C(C)C)c1[P-2].[K+].[K+]. The fourth-order valence-corrected chi connectivity index (χ4v) is 2.18. The van der Waals surface area contributed by atoms with E-state index in [2.05, 4.69) is 55.1 Å². The van der Waals surface area contributed by atoms with Gasteiger partial charge in [-0.3, -0.25) is 0 Å². The molecular formula is C12H17K2P. The Bertz CT molecular complexity index is 269. The standard InChI is InChI=1S/C12H17P.2K/c1-8(2)10-6-5-7-11(9(3)4)12(10)13;;/h5-9H,1-4H3;;/q-2;2*+1. The van der Waals surface area contributed by atoms with E-state index in [9.17, 15) is 0 Å². The molecule has 0 aromatic heterocycles. The zero-order valence-corrected chi connectivity index (χ0v) is 18.0. The zero-order valence-electron chi connectivity index (χ0n) is 10.8. The zero-order chi connectivity index (χ0) is 10.0. The molecule has 0 saturated heterocycles. The van der Waals surface area contributed by atoms with Crippen molar-refractivity contribution in [2.75, 3.05) is 0 Å². The Morgan fingerprint density at radius 1 is 0.867 bits per heavy atom. The van der Waals surface area contributed by atoms with Gasteiger partial charge in [0.15, 0.2) is 0 Å². The first-order valence-electron chi connectivity index (χ1n) is 4.85. The molecule has 0 fully saturated rings. The summed E-state index contributed by atoms with van der Waals surface area (Å²) in [6.45, 7) is 8.83. The van der Waals surface area contributed by atoms with Gasteiger partial charge in [0, 0.05) is 0 Å². The molecule has 3 heteroatoms. The van der Waals surface area contributed by atoms with Crippen LogP contribution in [0.25, 0.3) is 0 Å². The number of benzene rings is 1. The van der Waals surface area contributed by atoms with E-state index in [-0.39, 0.29) is 103 Å². The summed E-state index contributed by atoms with van der Waals surface area (Å²) in [5, 5.41) is 1.17. The second kappa shape index (κ2) is 9.80. The van der Waals surface area contributed by atoms with Gasteiger partial charge in [-0.05, 0) is 11.8 Å². The van der Waals surface area contributed by atoms with Crippen molar-refractivity contribution in [2.24, 2.45) is 0 Å². The minimum absolute atomic E-state index is 0. The van der Waals surface area contributed by atoms with Crippen LogP contribution in [0.3, 0.4) is 0 Å². The number of hydrogen-bond acceptors (Lipinski definition) is 0. The molecule has 0 aliphatic rings. The summed E-state index contributed by atoms with van der Waals surface area (Å²) < 4.78 is 0. The third kappa shape index (κ3) is 6.07. The summed E-state index contributed by atoms with van der Waals surface area (Å²) in [5.41, 5.74) is 2.71. The predicted octanol–water partition coefficient (Wildman–Crippen LogP) is -2.02. The van der Waals surface area contributed by atoms with Crippen molar-refractivity contribution in [3.8, 4) is 0 Å². The van der Waals surface area contributed by atoms with Crippen molar-refractivity contribution in [1.82, 2.24) is 0 Å². The van der Waals surface area contributed by atoms with Gasteiger partial charge >= 0.3 is 103 Å². The van der Waals surface area contributed by atoms with E-state index < -0.39 is 0 Å². The van der Waals surface area contributed by atoms with Crippen molar-refractivity contribution in [1.29, 1.82) is 0 Å². The van der Waals surface area contributed by atoms with Crippen LogP contribution in [0.15, 0.2) is 18.2 Å². The van der Waals surface area contributed by atoms with Crippen LogP contribution < -0.4 is 108 Å². The van der Waals surface area contributed by atoms with Crippen molar-refractivity contribution < 1.29 is 103 Å². The summed E-state index contributed by atoms with van der Waals surface area (Å²) in [4.78, 5) is 0. The second-order valence-electron chi connectivity index (χ2n) is 4.09. The number of hydrogen-bond donors (Lipinski definition) is 0. The smallest absolute Gasteiger partial charge is 1.00 e. The van der Waals surface area contributed by atoms with Gasteiger partial charge in [-0.2, -0.15) is 0 Å². The van der Waals surface area contributed by atoms with Crippen molar-refractivity contribution in [3.05, 3.63) is 29.3 Å². The first-order valence-corrected chi connectivity index (χ1v) is 5.30. The van der Waals surface area contributed by atoms with Gasteiger partial charge < -0.3 is 14.5 Å². The van der Waals surface area contributed by atoms with E-state index >= 15 is 0 Å². The molecule has 72 valence electrons. The topological polar surface area (TPSA) is 0 Å². The molecule has 1 aromatic rings. The van der Waals surface area contributed by atoms with Gasteiger partial charge in [0.1, 0.15) is 0 Å². The number of rotatable bonds is 2. The molecule has 0 N–H and O–H groups in total. The summed E-state index contributed by atoms with van der Waals surface area (Å²) >= 11 is 0. The van der Waals surface area contributed by atoms with E-state index in [1.54, 1.807) is 0 Å². The summed E-state index contributed by atoms with van der Waals surface area (Å²) in [6.07, 6.45) is 0. The maximum absolute atomic E-state index is 4.59.